The molecule has 1 aliphatic rings. The Morgan fingerprint density at radius 2 is 1.83 bits per heavy atom. The molecule has 11 heteroatoms. The summed E-state index contributed by atoms with van der Waals surface area (Å²) in [4.78, 5) is 19.3. The first-order chi connectivity index (χ1) is 18.9. The predicted molar refractivity (Wildman–Crippen MR) is 166 cm³/mol. The number of nitrogens with zero attached hydrogens (tertiary/aromatic N) is 2. The molecule has 1 aromatic heterocycles. The highest BCUT2D eigenvalue weighted by Gasteiger charge is 2.37. The standard InChI is InChI=1S/C30H49N3O6SSi/c1-21(20-33(28(34)39-29(2,3)4)17-12-18-38-41(9,10)30(5,6)7)32-40(35,36)25-14-11-13-23-26(25)24(22-15-16-22)19-31-27(23)37-8/h11,13-14,19,21-22,32H,12,15-18,20H2,1-10H3/t21-/m1/s1. The summed E-state index contributed by atoms with van der Waals surface area (Å²) >= 11 is 0. The first-order valence-corrected chi connectivity index (χ1v) is 18.9. The maximum absolute atomic E-state index is 13.8. The van der Waals surface area contributed by atoms with Crippen molar-refractivity contribution in [2.24, 2.45) is 0 Å². The van der Waals surface area contributed by atoms with Crippen LogP contribution in [0.5, 0.6) is 5.88 Å². The van der Waals surface area contributed by atoms with Crippen LogP contribution in [0, 0.1) is 0 Å². The minimum absolute atomic E-state index is 0.0890. The van der Waals surface area contributed by atoms with Crippen LogP contribution < -0.4 is 9.46 Å². The third-order valence-electron chi connectivity index (χ3n) is 7.71. The lowest BCUT2D eigenvalue weighted by Gasteiger charge is -2.36. The number of fused-ring (bicyclic) bond motifs is 1. The SMILES string of the molecule is COc1ncc(C2CC2)c2c(S(=O)(=O)N[C@H](C)CN(CCCO[Si](C)(C)C(C)(C)C)C(=O)OC(C)(C)C)cccc12. The van der Waals surface area contributed by atoms with E-state index in [-0.39, 0.29) is 16.5 Å². The minimum Gasteiger partial charge on any atom is -0.481 e. The van der Waals surface area contributed by atoms with Crippen molar-refractivity contribution in [3.8, 4) is 5.88 Å². The lowest BCUT2D eigenvalue weighted by Crippen LogP contribution is -2.46. The van der Waals surface area contributed by atoms with Crippen LogP contribution in [0.4, 0.5) is 4.79 Å². The molecule has 0 saturated heterocycles. The van der Waals surface area contributed by atoms with Gasteiger partial charge in [0.05, 0.1) is 12.0 Å². The molecular formula is C30H49N3O6SSi. The lowest BCUT2D eigenvalue weighted by molar-refractivity contribution is 0.0230. The molecule has 1 heterocycles. The molecular weight excluding hydrogens is 558 g/mol. The van der Waals surface area contributed by atoms with Gasteiger partial charge in [0, 0.05) is 42.7 Å². The molecule has 1 atom stereocenters. The number of aromatic nitrogens is 1. The average Bonchev–Trinajstić information content (AvgIpc) is 3.68. The van der Waals surface area contributed by atoms with Gasteiger partial charge in [-0.3, -0.25) is 0 Å². The van der Waals surface area contributed by atoms with Gasteiger partial charge in [0.25, 0.3) is 0 Å². The summed E-state index contributed by atoms with van der Waals surface area (Å²) in [6.07, 6.45) is 3.88. The van der Waals surface area contributed by atoms with E-state index in [0.717, 1.165) is 18.4 Å². The smallest absolute Gasteiger partial charge is 0.410 e. The zero-order valence-electron chi connectivity index (χ0n) is 26.5. The number of methoxy groups -OCH3 is 1. The Kier molecular flexibility index (Phi) is 10.2. The first-order valence-electron chi connectivity index (χ1n) is 14.5. The Balaban J connectivity index is 1.79. The Hall–Kier alpha value is -2.21. The van der Waals surface area contributed by atoms with E-state index in [1.807, 2.05) is 26.8 Å². The van der Waals surface area contributed by atoms with E-state index in [2.05, 4.69) is 43.6 Å². The maximum atomic E-state index is 13.8. The van der Waals surface area contributed by atoms with Gasteiger partial charge in [-0.1, -0.05) is 26.8 Å². The fourth-order valence-corrected chi connectivity index (χ4v) is 7.01. The van der Waals surface area contributed by atoms with Gasteiger partial charge < -0.3 is 18.8 Å². The molecule has 230 valence electrons. The third-order valence-corrected chi connectivity index (χ3v) is 13.9. The van der Waals surface area contributed by atoms with Crippen molar-refractivity contribution in [3.63, 3.8) is 0 Å². The van der Waals surface area contributed by atoms with E-state index in [9.17, 15) is 13.2 Å². The quantitative estimate of drug-likeness (QED) is 0.219. The summed E-state index contributed by atoms with van der Waals surface area (Å²) in [5, 5.41) is 1.41. The van der Waals surface area contributed by atoms with Crippen LogP contribution >= 0.6 is 0 Å². The number of rotatable bonds is 12. The summed E-state index contributed by atoms with van der Waals surface area (Å²) in [6.45, 7) is 19.2. The predicted octanol–water partition coefficient (Wildman–Crippen LogP) is 6.44. The Morgan fingerprint density at radius 3 is 2.39 bits per heavy atom. The molecule has 1 amide bonds. The largest absolute Gasteiger partial charge is 0.481 e. The zero-order valence-corrected chi connectivity index (χ0v) is 28.3. The van der Waals surface area contributed by atoms with E-state index in [0.29, 0.717) is 42.1 Å². The van der Waals surface area contributed by atoms with E-state index in [4.69, 9.17) is 13.9 Å². The highest BCUT2D eigenvalue weighted by atomic mass is 32.2. The van der Waals surface area contributed by atoms with Crippen LogP contribution in [0.1, 0.15) is 79.2 Å². The van der Waals surface area contributed by atoms with Crippen molar-refractivity contribution in [2.75, 3.05) is 26.8 Å². The van der Waals surface area contributed by atoms with Crippen molar-refractivity contribution in [3.05, 3.63) is 30.0 Å². The van der Waals surface area contributed by atoms with Gasteiger partial charge in [0.1, 0.15) is 5.60 Å². The number of carbonyl (C=O) groups is 1. The number of nitrogens with one attached hydrogen (secondary N) is 1. The highest BCUT2D eigenvalue weighted by molar-refractivity contribution is 7.89. The van der Waals surface area contributed by atoms with E-state index >= 15 is 0 Å². The fraction of sp³-hybridized carbons (Fsp3) is 0.667. The molecule has 0 aliphatic heterocycles. The number of ether oxygens (including phenoxy) is 2. The second-order valence-corrected chi connectivity index (χ2v) is 20.1. The van der Waals surface area contributed by atoms with Crippen molar-refractivity contribution in [2.45, 2.75) is 108 Å². The van der Waals surface area contributed by atoms with Gasteiger partial charge >= 0.3 is 6.09 Å². The molecule has 1 aromatic carbocycles. The molecule has 0 unspecified atom stereocenters. The topological polar surface area (TPSA) is 107 Å². The highest BCUT2D eigenvalue weighted by Crippen LogP contribution is 2.45. The van der Waals surface area contributed by atoms with Crippen LogP contribution in [-0.4, -0.2) is 71.2 Å². The molecule has 1 N–H and O–H groups in total. The summed E-state index contributed by atoms with van der Waals surface area (Å²) in [5.74, 6) is 0.686. The summed E-state index contributed by atoms with van der Waals surface area (Å²) in [5.41, 5.74) is 0.247. The molecule has 3 rings (SSSR count). The Bertz CT molecular complexity index is 1330. The number of amides is 1. The normalized spacial score (nSPS) is 15.6. The van der Waals surface area contributed by atoms with Gasteiger partial charge in [-0.25, -0.2) is 22.9 Å². The number of hydrogen-bond acceptors (Lipinski definition) is 7. The summed E-state index contributed by atoms with van der Waals surface area (Å²) in [7, 11) is -4.33. The summed E-state index contributed by atoms with van der Waals surface area (Å²) < 4.78 is 47.8. The number of pyridine rings is 1. The van der Waals surface area contributed by atoms with Crippen LogP contribution in [0.15, 0.2) is 29.3 Å². The van der Waals surface area contributed by atoms with E-state index in [1.54, 1.807) is 30.2 Å². The number of benzene rings is 1. The van der Waals surface area contributed by atoms with Gasteiger partial charge in [-0.05, 0) is 88.7 Å². The number of sulfonamides is 1. The van der Waals surface area contributed by atoms with Crippen molar-refractivity contribution in [1.29, 1.82) is 0 Å². The number of hydrogen-bond donors (Lipinski definition) is 1. The lowest BCUT2D eigenvalue weighted by atomic mass is 10.0. The second kappa shape index (κ2) is 12.6. The Morgan fingerprint density at radius 1 is 1.17 bits per heavy atom. The maximum Gasteiger partial charge on any atom is 0.410 e. The van der Waals surface area contributed by atoms with Crippen molar-refractivity contribution < 1.29 is 27.1 Å². The third kappa shape index (κ3) is 8.65. The molecule has 0 bridgehead atoms. The van der Waals surface area contributed by atoms with E-state index in [1.165, 1.54) is 7.11 Å². The van der Waals surface area contributed by atoms with Gasteiger partial charge in [0.15, 0.2) is 8.32 Å². The molecule has 2 aromatic rings. The molecule has 1 saturated carbocycles. The minimum atomic E-state index is -3.94. The molecule has 41 heavy (non-hydrogen) atoms. The van der Waals surface area contributed by atoms with Crippen LogP contribution in [0.25, 0.3) is 10.8 Å². The molecule has 0 radical (unpaired) electrons. The number of carbonyl (C=O) groups excluding carboxylic acids is 1. The first kappa shape index (κ1) is 33.3. The Labute approximate surface area is 247 Å². The van der Waals surface area contributed by atoms with Gasteiger partial charge in [-0.2, -0.15) is 0 Å². The average molecular weight is 608 g/mol. The second-order valence-electron chi connectivity index (χ2n) is 13.6. The molecule has 1 aliphatic carbocycles. The fourth-order valence-electron chi connectivity index (χ4n) is 4.44. The summed E-state index contributed by atoms with van der Waals surface area (Å²) in [6, 6.07) is 4.59. The monoisotopic (exact) mass is 607 g/mol. The van der Waals surface area contributed by atoms with Crippen molar-refractivity contribution >= 4 is 35.2 Å². The van der Waals surface area contributed by atoms with Crippen molar-refractivity contribution in [1.82, 2.24) is 14.6 Å². The van der Waals surface area contributed by atoms with Crippen LogP contribution in [-0.2, 0) is 19.2 Å². The molecule has 9 nitrogen and oxygen atoms in total. The van der Waals surface area contributed by atoms with Gasteiger partial charge in [-0.15, -0.1) is 0 Å². The molecule has 1 fully saturated rings. The van der Waals surface area contributed by atoms with E-state index < -0.39 is 36.1 Å². The zero-order chi connectivity index (χ0) is 30.8. The molecule has 0 spiro atoms. The van der Waals surface area contributed by atoms with Gasteiger partial charge in [0.2, 0.25) is 15.9 Å². The van der Waals surface area contributed by atoms with Crippen LogP contribution in [0.3, 0.4) is 0 Å². The van der Waals surface area contributed by atoms with Crippen LogP contribution in [0.2, 0.25) is 18.1 Å².